The first-order chi connectivity index (χ1) is 12.6. The SMILES string of the molecule is COc1ccc(CN(C)C(=O)[C@@H](C)Oc2ccc3c(c2)CCCC3)cc1. The fourth-order valence-electron chi connectivity index (χ4n) is 3.43. The van der Waals surface area contributed by atoms with Crippen LogP contribution in [0.25, 0.3) is 0 Å². The number of methoxy groups -OCH3 is 1. The summed E-state index contributed by atoms with van der Waals surface area (Å²) in [5.74, 6) is 1.56. The van der Waals surface area contributed by atoms with Gasteiger partial charge < -0.3 is 14.4 Å². The summed E-state index contributed by atoms with van der Waals surface area (Å²) in [6.45, 7) is 2.35. The Hall–Kier alpha value is -2.49. The number of benzene rings is 2. The van der Waals surface area contributed by atoms with Gasteiger partial charge in [-0.2, -0.15) is 0 Å². The highest BCUT2D eigenvalue weighted by Crippen LogP contribution is 2.26. The zero-order valence-corrected chi connectivity index (χ0v) is 15.8. The summed E-state index contributed by atoms with van der Waals surface area (Å²) in [7, 11) is 3.45. The number of amides is 1. The third-order valence-corrected chi connectivity index (χ3v) is 4.94. The van der Waals surface area contributed by atoms with Crippen LogP contribution in [0.15, 0.2) is 42.5 Å². The van der Waals surface area contributed by atoms with Gasteiger partial charge in [0.2, 0.25) is 0 Å². The van der Waals surface area contributed by atoms with Crippen LogP contribution in [0.4, 0.5) is 0 Å². The van der Waals surface area contributed by atoms with Gasteiger partial charge in [-0.3, -0.25) is 4.79 Å². The first kappa shape index (κ1) is 18.3. The minimum atomic E-state index is -0.514. The Labute approximate surface area is 155 Å². The van der Waals surface area contributed by atoms with E-state index in [1.807, 2.05) is 37.3 Å². The van der Waals surface area contributed by atoms with E-state index in [4.69, 9.17) is 9.47 Å². The third-order valence-electron chi connectivity index (χ3n) is 4.94. The lowest BCUT2D eigenvalue weighted by Gasteiger charge is -2.23. The Morgan fingerprint density at radius 1 is 1.04 bits per heavy atom. The smallest absolute Gasteiger partial charge is 0.263 e. The van der Waals surface area contributed by atoms with Crippen LogP contribution in [-0.4, -0.2) is 31.1 Å². The Morgan fingerprint density at radius 3 is 2.38 bits per heavy atom. The molecule has 0 saturated carbocycles. The highest BCUT2D eigenvalue weighted by atomic mass is 16.5. The van der Waals surface area contributed by atoms with E-state index in [0.29, 0.717) is 6.54 Å². The molecular weight excluding hydrogens is 326 g/mol. The van der Waals surface area contributed by atoms with Crippen LogP contribution < -0.4 is 9.47 Å². The number of hydrogen-bond acceptors (Lipinski definition) is 3. The number of ether oxygens (including phenoxy) is 2. The Morgan fingerprint density at radius 2 is 1.69 bits per heavy atom. The lowest BCUT2D eigenvalue weighted by molar-refractivity contribution is -0.137. The lowest BCUT2D eigenvalue weighted by atomic mass is 9.92. The minimum absolute atomic E-state index is 0.0291. The molecule has 0 fully saturated rings. The molecule has 2 aromatic rings. The lowest BCUT2D eigenvalue weighted by Crippen LogP contribution is -2.37. The van der Waals surface area contributed by atoms with Crippen molar-refractivity contribution in [3.63, 3.8) is 0 Å². The van der Waals surface area contributed by atoms with E-state index in [-0.39, 0.29) is 5.91 Å². The molecule has 0 aromatic heterocycles. The first-order valence-corrected chi connectivity index (χ1v) is 9.23. The molecule has 26 heavy (non-hydrogen) atoms. The molecule has 138 valence electrons. The van der Waals surface area contributed by atoms with E-state index in [9.17, 15) is 4.79 Å². The molecule has 1 aliphatic rings. The monoisotopic (exact) mass is 353 g/mol. The molecule has 0 N–H and O–H groups in total. The number of carbonyl (C=O) groups is 1. The van der Waals surface area contributed by atoms with E-state index in [1.165, 1.54) is 24.0 Å². The molecule has 4 nitrogen and oxygen atoms in total. The van der Waals surface area contributed by atoms with Gasteiger partial charge in [-0.1, -0.05) is 18.2 Å². The van der Waals surface area contributed by atoms with Crippen LogP contribution in [0.5, 0.6) is 11.5 Å². The highest BCUT2D eigenvalue weighted by molar-refractivity contribution is 5.80. The predicted octanol–water partition coefficient (Wildman–Crippen LogP) is 4.00. The molecule has 1 aliphatic carbocycles. The first-order valence-electron chi connectivity index (χ1n) is 9.23. The number of rotatable bonds is 6. The molecule has 4 heteroatoms. The second-order valence-corrected chi connectivity index (χ2v) is 6.94. The molecule has 0 saturated heterocycles. The summed E-state index contributed by atoms with van der Waals surface area (Å²) in [6, 6.07) is 14.0. The molecule has 0 spiro atoms. The van der Waals surface area contributed by atoms with Crippen LogP contribution in [-0.2, 0) is 24.2 Å². The van der Waals surface area contributed by atoms with Crippen LogP contribution >= 0.6 is 0 Å². The Kier molecular flexibility index (Phi) is 5.82. The topological polar surface area (TPSA) is 38.8 Å². The van der Waals surface area contributed by atoms with Gasteiger partial charge in [0.25, 0.3) is 5.91 Å². The average molecular weight is 353 g/mol. The van der Waals surface area contributed by atoms with Crippen LogP contribution in [0, 0.1) is 0 Å². The minimum Gasteiger partial charge on any atom is -0.497 e. The number of nitrogens with zero attached hydrogens (tertiary/aromatic N) is 1. The van der Waals surface area contributed by atoms with Crippen LogP contribution in [0.3, 0.4) is 0 Å². The molecule has 2 aromatic carbocycles. The van der Waals surface area contributed by atoms with Gasteiger partial charge in [0.15, 0.2) is 6.10 Å². The number of fused-ring (bicyclic) bond motifs is 1. The van der Waals surface area contributed by atoms with Crippen LogP contribution in [0.2, 0.25) is 0 Å². The van der Waals surface area contributed by atoms with Gasteiger partial charge in [0.1, 0.15) is 11.5 Å². The van der Waals surface area contributed by atoms with Gasteiger partial charge in [-0.05, 0) is 73.6 Å². The van der Waals surface area contributed by atoms with E-state index in [2.05, 4.69) is 12.1 Å². The summed E-state index contributed by atoms with van der Waals surface area (Å²) in [5, 5.41) is 0. The van der Waals surface area contributed by atoms with Gasteiger partial charge in [-0.15, -0.1) is 0 Å². The largest absolute Gasteiger partial charge is 0.497 e. The van der Waals surface area contributed by atoms with Crippen molar-refractivity contribution >= 4 is 5.91 Å². The van der Waals surface area contributed by atoms with E-state index < -0.39 is 6.10 Å². The van der Waals surface area contributed by atoms with Crippen LogP contribution in [0.1, 0.15) is 36.5 Å². The van der Waals surface area contributed by atoms with Gasteiger partial charge in [0.05, 0.1) is 7.11 Å². The predicted molar refractivity (Wildman–Crippen MR) is 103 cm³/mol. The second-order valence-electron chi connectivity index (χ2n) is 6.94. The second kappa shape index (κ2) is 8.26. The maximum Gasteiger partial charge on any atom is 0.263 e. The number of carbonyl (C=O) groups excluding carboxylic acids is 1. The highest BCUT2D eigenvalue weighted by Gasteiger charge is 2.20. The Bertz CT molecular complexity index is 754. The molecule has 0 bridgehead atoms. The van der Waals surface area contributed by atoms with Crippen molar-refractivity contribution < 1.29 is 14.3 Å². The fraction of sp³-hybridized carbons (Fsp3) is 0.409. The summed E-state index contributed by atoms with van der Waals surface area (Å²) < 4.78 is 11.1. The summed E-state index contributed by atoms with van der Waals surface area (Å²) >= 11 is 0. The molecule has 0 radical (unpaired) electrons. The van der Waals surface area contributed by atoms with Crippen molar-refractivity contribution in [2.75, 3.05) is 14.2 Å². The quantitative estimate of drug-likeness (QED) is 0.788. The van der Waals surface area contributed by atoms with Gasteiger partial charge in [-0.25, -0.2) is 0 Å². The maximum absolute atomic E-state index is 12.6. The van der Waals surface area contributed by atoms with E-state index in [0.717, 1.165) is 29.9 Å². The molecule has 0 heterocycles. The average Bonchev–Trinajstić information content (AvgIpc) is 2.67. The normalized spacial score (nSPS) is 14.3. The van der Waals surface area contributed by atoms with E-state index >= 15 is 0 Å². The standard InChI is InChI=1S/C22H27NO3/c1-16(26-21-13-10-18-6-4-5-7-19(18)14-21)22(24)23(2)15-17-8-11-20(25-3)12-9-17/h8-14,16H,4-7,15H2,1-3H3/t16-/m1/s1. The maximum atomic E-state index is 12.6. The van der Waals surface area contributed by atoms with Crippen molar-refractivity contribution in [2.24, 2.45) is 0 Å². The fourth-order valence-corrected chi connectivity index (χ4v) is 3.43. The molecule has 1 amide bonds. The molecule has 0 aliphatic heterocycles. The zero-order chi connectivity index (χ0) is 18.5. The van der Waals surface area contributed by atoms with Gasteiger partial charge in [0, 0.05) is 13.6 Å². The third kappa shape index (κ3) is 4.37. The van der Waals surface area contributed by atoms with Crippen molar-refractivity contribution in [3.8, 4) is 11.5 Å². The van der Waals surface area contributed by atoms with Crippen molar-refractivity contribution in [2.45, 2.75) is 45.3 Å². The number of hydrogen-bond donors (Lipinski definition) is 0. The van der Waals surface area contributed by atoms with Gasteiger partial charge >= 0.3 is 0 Å². The summed E-state index contributed by atoms with van der Waals surface area (Å²) in [4.78, 5) is 14.3. The molecule has 0 unspecified atom stereocenters. The zero-order valence-electron chi connectivity index (χ0n) is 15.8. The molecule has 3 rings (SSSR count). The Balaban J connectivity index is 1.59. The molecule has 1 atom stereocenters. The van der Waals surface area contributed by atoms with Crippen molar-refractivity contribution in [1.29, 1.82) is 0 Å². The summed E-state index contributed by atoms with van der Waals surface area (Å²) in [6.07, 6.45) is 4.23. The molecular formula is C22H27NO3. The van der Waals surface area contributed by atoms with Crippen molar-refractivity contribution in [1.82, 2.24) is 4.90 Å². The summed E-state index contributed by atoms with van der Waals surface area (Å²) in [5.41, 5.74) is 3.84. The van der Waals surface area contributed by atoms with Crippen molar-refractivity contribution in [3.05, 3.63) is 59.2 Å². The number of aryl methyl sites for hydroxylation is 2. The van der Waals surface area contributed by atoms with E-state index in [1.54, 1.807) is 19.1 Å². The number of likely N-dealkylation sites (N-methyl/N-ethyl adjacent to an activating group) is 1.